The van der Waals surface area contributed by atoms with Crippen LogP contribution in [0, 0.1) is 0 Å². The fourth-order valence-corrected chi connectivity index (χ4v) is 2.39. The van der Waals surface area contributed by atoms with E-state index in [2.05, 4.69) is 19.1 Å². The van der Waals surface area contributed by atoms with E-state index in [9.17, 15) is 4.79 Å². The van der Waals surface area contributed by atoms with Crippen molar-refractivity contribution in [3.8, 4) is 0 Å². The number of carbonyl (C=O) groups is 1. The van der Waals surface area contributed by atoms with Crippen LogP contribution in [-0.4, -0.2) is 12.6 Å². The third-order valence-corrected chi connectivity index (χ3v) is 3.71. The van der Waals surface area contributed by atoms with E-state index in [0.717, 1.165) is 6.42 Å². The highest BCUT2D eigenvalue weighted by Gasteiger charge is 1.94. The summed E-state index contributed by atoms with van der Waals surface area (Å²) in [6, 6.07) is 0. The maximum Gasteiger partial charge on any atom is 0.302 e. The molecular weight excluding hydrogens is 260 g/mol. The molecule has 0 bridgehead atoms. The monoisotopic (exact) mass is 296 g/mol. The molecule has 0 heterocycles. The maximum atomic E-state index is 10.6. The molecule has 0 atom stereocenters. The lowest BCUT2D eigenvalue weighted by Gasteiger charge is -2.02. The van der Waals surface area contributed by atoms with Crippen LogP contribution in [0.4, 0.5) is 0 Å². The van der Waals surface area contributed by atoms with Gasteiger partial charge in [-0.1, -0.05) is 70.4 Å². The second-order valence-corrected chi connectivity index (χ2v) is 5.92. The molecule has 2 heteroatoms. The Bertz CT molecular complexity index is 246. The van der Waals surface area contributed by atoms with E-state index in [1.807, 2.05) is 0 Å². The Morgan fingerprint density at radius 3 is 1.76 bits per heavy atom. The van der Waals surface area contributed by atoms with Gasteiger partial charge in [0.2, 0.25) is 0 Å². The fraction of sp³-hybridized carbons (Fsp3) is 0.842. The minimum atomic E-state index is -0.159. The molecule has 21 heavy (non-hydrogen) atoms. The van der Waals surface area contributed by atoms with Gasteiger partial charge in [-0.25, -0.2) is 0 Å². The second-order valence-electron chi connectivity index (χ2n) is 5.92. The van der Waals surface area contributed by atoms with Gasteiger partial charge in [0.25, 0.3) is 0 Å². The van der Waals surface area contributed by atoms with Crippen LogP contribution in [0.3, 0.4) is 0 Å². The zero-order valence-corrected chi connectivity index (χ0v) is 14.4. The summed E-state index contributed by atoms with van der Waals surface area (Å²) in [7, 11) is 0. The molecule has 0 aliphatic heterocycles. The average molecular weight is 296 g/mol. The Morgan fingerprint density at radius 2 is 1.24 bits per heavy atom. The lowest BCUT2D eigenvalue weighted by Crippen LogP contribution is -1.99. The van der Waals surface area contributed by atoms with Gasteiger partial charge < -0.3 is 4.74 Å². The van der Waals surface area contributed by atoms with Gasteiger partial charge in [-0.3, -0.25) is 4.79 Å². The smallest absolute Gasteiger partial charge is 0.302 e. The first-order valence-electron chi connectivity index (χ1n) is 9.05. The Kier molecular flexibility index (Phi) is 16.6. The van der Waals surface area contributed by atoms with Gasteiger partial charge >= 0.3 is 5.97 Å². The molecule has 0 aromatic carbocycles. The van der Waals surface area contributed by atoms with Gasteiger partial charge in [0.05, 0.1) is 6.61 Å². The van der Waals surface area contributed by atoms with Gasteiger partial charge in [-0.15, -0.1) is 0 Å². The third-order valence-electron chi connectivity index (χ3n) is 3.71. The summed E-state index contributed by atoms with van der Waals surface area (Å²) in [4.78, 5) is 10.6. The quantitative estimate of drug-likeness (QED) is 0.204. The number of hydrogen-bond donors (Lipinski definition) is 0. The molecule has 0 saturated carbocycles. The lowest BCUT2D eigenvalue weighted by atomic mass is 10.1. The van der Waals surface area contributed by atoms with Crippen molar-refractivity contribution < 1.29 is 9.53 Å². The van der Waals surface area contributed by atoms with Gasteiger partial charge in [0, 0.05) is 6.92 Å². The van der Waals surface area contributed by atoms with Crippen LogP contribution < -0.4 is 0 Å². The molecule has 0 radical (unpaired) electrons. The highest BCUT2D eigenvalue weighted by Crippen LogP contribution is 2.09. The third kappa shape index (κ3) is 19.2. The number of allylic oxidation sites excluding steroid dienone is 2. The van der Waals surface area contributed by atoms with E-state index in [1.165, 1.54) is 84.0 Å². The summed E-state index contributed by atoms with van der Waals surface area (Å²) < 4.78 is 4.91. The molecule has 0 N–H and O–H groups in total. The number of esters is 1. The second kappa shape index (κ2) is 17.3. The molecular formula is C19H36O2. The van der Waals surface area contributed by atoms with Crippen molar-refractivity contribution in [1.82, 2.24) is 0 Å². The molecule has 0 rings (SSSR count). The minimum absolute atomic E-state index is 0.159. The molecule has 0 aliphatic carbocycles. The topological polar surface area (TPSA) is 26.3 Å². The molecule has 0 aliphatic rings. The minimum Gasteiger partial charge on any atom is -0.466 e. The zero-order valence-electron chi connectivity index (χ0n) is 14.4. The summed E-state index contributed by atoms with van der Waals surface area (Å²) in [6.07, 6.45) is 21.5. The number of rotatable bonds is 15. The van der Waals surface area contributed by atoms with Crippen molar-refractivity contribution in [1.29, 1.82) is 0 Å². The Hall–Kier alpha value is -0.790. The van der Waals surface area contributed by atoms with Crippen LogP contribution >= 0.6 is 0 Å². The summed E-state index contributed by atoms with van der Waals surface area (Å²) >= 11 is 0. The molecule has 0 fully saturated rings. The first-order chi connectivity index (χ1) is 10.3. The first-order valence-corrected chi connectivity index (χ1v) is 9.05. The van der Waals surface area contributed by atoms with Crippen LogP contribution in [0.15, 0.2) is 12.2 Å². The van der Waals surface area contributed by atoms with Gasteiger partial charge in [-0.2, -0.15) is 0 Å². The lowest BCUT2D eigenvalue weighted by molar-refractivity contribution is -0.141. The normalized spacial score (nSPS) is 11.1. The Balaban J connectivity index is 3.05. The number of ether oxygens (including phenoxy) is 1. The summed E-state index contributed by atoms with van der Waals surface area (Å²) in [5, 5.41) is 0. The molecule has 0 spiro atoms. The van der Waals surface area contributed by atoms with Gasteiger partial charge in [-0.05, 0) is 32.1 Å². The molecule has 2 nitrogen and oxygen atoms in total. The largest absolute Gasteiger partial charge is 0.466 e. The SMILES string of the molecule is CCCCCC/C=C\CCCCCCCCCOC(C)=O. The number of hydrogen-bond acceptors (Lipinski definition) is 2. The molecule has 0 saturated heterocycles. The van der Waals surface area contributed by atoms with E-state index >= 15 is 0 Å². The summed E-state index contributed by atoms with van der Waals surface area (Å²) in [6.45, 7) is 4.33. The van der Waals surface area contributed by atoms with Gasteiger partial charge in [0.1, 0.15) is 0 Å². The summed E-state index contributed by atoms with van der Waals surface area (Å²) in [5.74, 6) is -0.159. The highest BCUT2D eigenvalue weighted by atomic mass is 16.5. The van der Waals surface area contributed by atoms with Crippen LogP contribution in [-0.2, 0) is 9.53 Å². The molecule has 124 valence electrons. The molecule has 0 aromatic rings. The predicted octanol–water partition coefficient (Wildman–Crippen LogP) is 6.20. The van der Waals surface area contributed by atoms with E-state index in [-0.39, 0.29) is 5.97 Å². The van der Waals surface area contributed by atoms with Crippen LogP contribution in [0.25, 0.3) is 0 Å². The Morgan fingerprint density at radius 1 is 0.762 bits per heavy atom. The van der Waals surface area contributed by atoms with Crippen molar-refractivity contribution in [3.63, 3.8) is 0 Å². The van der Waals surface area contributed by atoms with Crippen molar-refractivity contribution >= 4 is 5.97 Å². The molecule has 0 amide bonds. The maximum absolute atomic E-state index is 10.6. The van der Waals surface area contributed by atoms with Crippen molar-refractivity contribution in [3.05, 3.63) is 12.2 Å². The van der Waals surface area contributed by atoms with Crippen molar-refractivity contribution in [2.45, 2.75) is 97.3 Å². The summed E-state index contributed by atoms with van der Waals surface area (Å²) in [5.41, 5.74) is 0. The standard InChI is InChI=1S/C19H36O2/c1-3-4-5-6-7-8-9-10-11-12-13-14-15-16-17-18-21-19(2)20/h8-9H,3-7,10-18H2,1-2H3/b9-8-. The average Bonchev–Trinajstić information content (AvgIpc) is 2.46. The van der Waals surface area contributed by atoms with Crippen LogP contribution in [0.1, 0.15) is 97.3 Å². The predicted molar refractivity (Wildman–Crippen MR) is 91.5 cm³/mol. The van der Waals surface area contributed by atoms with Crippen molar-refractivity contribution in [2.24, 2.45) is 0 Å². The van der Waals surface area contributed by atoms with Crippen LogP contribution in [0.5, 0.6) is 0 Å². The fourth-order valence-electron chi connectivity index (χ4n) is 2.39. The Labute approximate surface area is 132 Å². The van der Waals surface area contributed by atoms with E-state index < -0.39 is 0 Å². The number of unbranched alkanes of at least 4 members (excludes halogenated alkanes) is 11. The first kappa shape index (κ1) is 20.2. The number of carbonyl (C=O) groups excluding carboxylic acids is 1. The van der Waals surface area contributed by atoms with E-state index in [4.69, 9.17) is 4.74 Å². The van der Waals surface area contributed by atoms with Gasteiger partial charge in [0.15, 0.2) is 0 Å². The van der Waals surface area contributed by atoms with Crippen LogP contribution in [0.2, 0.25) is 0 Å². The van der Waals surface area contributed by atoms with Crippen molar-refractivity contribution in [2.75, 3.05) is 6.61 Å². The van der Waals surface area contributed by atoms with E-state index in [0.29, 0.717) is 6.61 Å². The highest BCUT2D eigenvalue weighted by molar-refractivity contribution is 5.65. The van der Waals surface area contributed by atoms with E-state index in [1.54, 1.807) is 0 Å². The molecule has 0 aromatic heterocycles. The zero-order chi connectivity index (χ0) is 15.6. The molecule has 0 unspecified atom stereocenters.